The van der Waals surface area contributed by atoms with Crippen LogP contribution in [0, 0.1) is 17.8 Å². The molecule has 0 radical (unpaired) electrons. The molecule has 3 nitrogen and oxygen atoms in total. The van der Waals surface area contributed by atoms with Crippen molar-refractivity contribution in [2.75, 3.05) is 13.1 Å². The van der Waals surface area contributed by atoms with Gasteiger partial charge in [-0.3, -0.25) is 9.69 Å². The SMILES string of the molecule is C#CCC(C(=O)O)N1CC2(CC2)C1. The number of hydrogen-bond acceptors (Lipinski definition) is 2. The Morgan fingerprint density at radius 2 is 2.23 bits per heavy atom. The maximum atomic E-state index is 10.8. The number of nitrogens with zero attached hydrogens (tertiary/aromatic N) is 1. The molecule has 2 fully saturated rings. The number of terminal acetylenes is 1. The van der Waals surface area contributed by atoms with Gasteiger partial charge in [0.1, 0.15) is 6.04 Å². The van der Waals surface area contributed by atoms with E-state index >= 15 is 0 Å². The molecule has 13 heavy (non-hydrogen) atoms. The summed E-state index contributed by atoms with van der Waals surface area (Å²) in [6, 6.07) is -0.448. The molecule has 1 aliphatic carbocycles. The van der Waals surface area contributed by atoms with E-state index in [-0.39, 0.29) is 0 Å². The third-order valence-electron chi connectivity index (χ3n) is 3.07. The van der Waals surface area contributed by atoms with Gasteiger partial charge in [-0.25, -0.2) is 0 Å². The molecule has 0 amide bonds. The zero-order valence-electron chi connectivity index (χ0n) is 7.49. The number of aliphatic carboxylic acids is 1. The summed E-state index contributed by atoms with van der Waals surface area (Å²) in [6.07, 6.45) is 7.99. The summed E-state index contributed by atoms with van der Waals surface area (Å²) in [5, 5.41) is 8.89. The van der Waals surface area contributed by atoms with Crippen molar-refractivity contribution < 1.29 is 9.90 Å². The van der Waals surface area contributed by atoms with Gasteiger partial charge < -0.3 is 5.11 Å². The van der Waals surface area contributed by atoms with Crippen LogP contribution in [0.3, 0.4) is 0 Å². The van der Waals surface area contributed by atoms with E-state index in [1.807, 2.05) is 4.90 Å². The molecule has 0 bridgehead atoms. The van der Waals surface area contributed by atoms with E-state index in [4.69, 9.17) is 11.5 Å². The molecular formula is C10H13NO2. The van der Waals surface area contributed by atoms with E-state index < -0.39 is 12.0 Å². The fourth-order valence-electron chi connectivity index (χ4n) is 2.01. The molecule has 3 heteroatoms. The molecule has 1 spiro atoms. The second-order valence-corrected chi connectivity index (χ2v) is 4.17. The topological polar surface area (TPSA) is 40.5 Å². The highest BCUT2D eigenvalue weighted by Crippen LogP contribution is 2.53. The number of carboxylic acid groups (broad SMARTS) is 1. The van der Waals surface area contributed by atoms with Crippen LogP contribution in [0.2, 0.25) is 0 Å². The van der Waals surface area contributed by atoms with E-state index in [1.165, 1.54) is 12.8 Å². The summed E-state index contributed by atoms with van der Waals surface area (Å²) < 4.78 is 0. The van der Waals surface area contributed by atoms with E-state index in [0.717, 1.165) is 13.1 Å². The first-order valence-corrected chi connectivity index (χ1v) is 4.57. The first-order chi connectivity index (χ1) is 6.17. The number of rotatable bonds is 3. The number of carbonyl (C=O) groups is 1. The van der Waals surface area contributed by atoms with Gasteiger partial charge in [-0.15, -0.1) is 12.3 Å². The van der Waals surface area contributed by atoms with E-state index in [0.29, 0.717) is 11.8 Å². The van der Waals surface area contributed by atoms with Crippen molar-refractivity contribution in [2.45, 2.75) is 25.3 Å². The lowest BCUT2D eigenvalue weighted by Crippen LogP contribution is -2.56. The molecule has 1 heterocycles. The molecular weight excluding hydrogens is 166 g/mol. The molecule has 1 aliphatic heterocycles. The van der Waals surface area contributed by atoms with E-state index in [1.54, 1.807) is 0 Å². The van der Waals surface area contributed by atoms with Crippen LogP contribution in [0.4, 0.5) is 0 Å². The fraction of sp³-hybridized carbons (Fsp3) is 0.700. The third-order valence-corrected chi connectivity index (χ3v) is 3.07. The summed E-state index contributed by atoms with van der Waals surface area (Å²) in [4.78, 5) is 12.8. The highest BCUT2D eigenvalue weighted by Gasteiger charge is 2.54. The lowest BCUT2D eigenvalue weighted by molar-refractivity contribution is -0.146. The van der Waals surface area contributed by atoms with Gasteiger partial charge in [0.25, 0.3) is 0 Å². The van der Waals surface area contributed by atoms with Gasteiger partial charge in [0.15, 0.2) is 0 Å². The van der Waals surface area contributed by atoms with Crippen LogP contribution in [-0.2, 0) is 4.79 Å². The predicted octanol–water partition coefficient (Wildman–Crippen LogP) is 0.559. The Labute approximate surface area is 77.7 Å². The molecule has 0 aromatic rings. The Morgan fingerprint density at radius 1 is 1.62 bits per heavy atom. The molecule has 2 aliphatic rings. The predicted molar refractivity (Wildman–Crippen MR) is 48.1 cm³/mol. The van der Waals surface area contributed by atoms with Gasteiger partial charge >= 0.3 is 5.97 Å². The highest BCUT2D eigenvalue weighted by atomic mass is 16.4. The largest absolute Gasteiger partial charge is 0.480 e. The number of carboxylic acids is 1. The lowest BCUT2D eigenvalue weighted by atomic mass is 9.93. The Hall–Kier alpha value is -1.01. The van der Waals surface area contributed by atoms with Crippen LogP contribution in [0.5, 0.6) is 0 Å². The van der Waals surface area contributed by atoms with Crippen LogP contribution >= 0.6 is 0 Å². The van der Waals surface area contributed by atoms with Crippen LogP contribution in [0.15, 0.2) is 0 Å². The van der Waals surface area contributed by atoms with E-state index in [2.05, 4.69) is 5.92 Å². The Kier molecular flexibility index (Phi) is 1.81. The quantitative estimate of drug-likeness (QED) is 0.643. The van der Waals surface area contributed by atoms with Crippen molar-refractivity contribution in [3.05, 3.63) is 0 Å². The fourth-order valence-corrected chi connectivity index (χ4v) is 2.01. The standard InChI is InChI=1S/C10H13NO2/c1-2-3-8(9(12)13)11-6-10(7-11)4-5-10/h1,8H,3-7H2,(H,12,13). The Morgan fingerprint density at radius 3 is 2.62 bits per heavy atom. The van der Waals surface area contributed by atoms with Crippen LogP contribution in [0.1, 0.15) is 19.3 Å². The monoisotopic (exact) mass is 179 g/mol. The van der Waals surface area contributed by atoms with Gasteiger partial charge in [0, 0.05) is 19.5 Å². The van der Waals surface area contributed by atoms with Crippen molar-refractivity contribution in [2.24, 2.45) is 5.41 Å². The molecule has 70 valence electrons. The molecule has 0 aromatic heterocycles. The second kappa shape index (κ2) is 2.74. The van der Waals surface area contributed by atoms with Gasteiger partial charge in [-0.05, 0) is 18.3 Å². The smallest absolute Gasteiger partial charge is 0.321 e. The van der Waals surface area contributed by atoms with Crippen LogP contribution < -0.4 is 0 Å². The first kappa shape index (κ1) is 8.58. The Bertz CT molecular complexity index is 267. The Balaban J connectivity index is 1.90. The first-order valence-electron chi connectivity index (χ1n) is 4.57. The molecule has 2 rings (SSSR count). The summed E-state index contributed by atoms with van der Waals surface area (Å²) in [6.45, 7) is 1.87. The van der Waals surface area contributed by atoms with Crippen molar-refractivity contribution >= 4 is 5.97 Å². The lowest BCUT2D eigenvalue weighted by Gasteiger charge is -2.43. The second-order valence-electron chi connectivity index (χ2n) is 4.17. The summed E-state index contributed by atoms with van der Waals surface area (Å²) in [7, 11) is 0. The summed E-state index contributed by atoms with van der Waals surface area (Å²) in [5.41, 5.74) is 0.502. The number of hydrogen-bond donors (Lipinski definition) is 1. The maximum absolute atomic E-state index is 10.8. The van der Waals surface area contributed by atoms with Crippen molar-refractivity contribution in [3.8, 4) is 12.3 Å². The molecule has 0 aromatic carbocycles. The highest BCUT2D eigenvalue weighted by molar-refractivity contribution is 5.74. The van der Waals surface area contributed by atoms with Gasteiger partial charge in [0.2, 0.25) is 0 Å². The van der Waals surface area contributed by atoms with Crippen molar-refractivity contribution in [3.63, 3.8) is 0 Å². The minimum absolute atomic E-state index is 0.325. The molecule has 1 atom stereocenters. The minimum Gasteiger partial charge on any atom is -0.480 e. The minimum atomic E-state index is -0.784. The van der Waals surface area contributed by atoms with Gasteiger partial charge in [-0.1, -0.05) is 0 Å². The average molecular weight is 179 g/mol. The van der Waals surface area contributed by atoms with Crippen LogP contribution in [0.25, 0.3) is 0 Å². The molecule has 1 saturated carbocycles. The maximum Gasteiger partial charge on any atom is 0.321 e. The molecule has 1 N–H and O–H groups in total. The molecule has 1 unspecified atom stereocenters. The summed E-state index contributed by atoms with van der Waals surface area (Å²) >= 11 is 0. The zero-order valence-corrected chi connectivity index (χ0v) is 7.49. The normalized spacial score (nSPS) is 26.1. The molecule has 1 saturated heterocycles. The summed E-state index contributed by atoms with van der Waals surface area (Å²) in [5.74, 6) is 1.64. The van der Waals surface area contributed by atoms with Crippen LogP contribution in [-0.4, -0.2) is 35.1 Å². The average Bonchev–Trinajstić information content (AvgIpc) is 2.76. The van der Waals surface area contributed by atoms with Gasteiger partial charge in [-0.2, -0.15) is 0 Å². The van der Waals surface area contributed by atoms with Crippen molar-refractivity contribution in [1.82, 2.24) is 4.90 Å². The zero-order chi connectivity index (χ0) is 9.47. The van der Waals surface area contributed by atoms with Crippen molar-refractivity contribution in [1.29, 1.82) is 0 Å². The van der Waals surface area contributed by atoms with E-state index in [9.17, 15) is 4.79 Å². The third kappa shape index (κ3) is 1.42. The number of likely N-dealkylation sites (tertiary alicyclic amines) is 1. The van der Waals surface area contributed by atoms with Gasteiger partial charge in [0.05, 0.1) is 0 Å².